The molecule has 0 atom stereocenters. The molecule has 3 nitrogen and oxygen atoms in total. The standard InChI is InChI=1S/C34H21N3S/c1-3-11-22(12-4-1)28-21-35-34(33(36-28)23-13-5-2-6-14-23)37-29-17-9-7-15-24(29)26-19-27-25-16-8-10-18-31(25)38-32(27)20-30(26)37/h1-21H. The monoisotopic (exact) mass is 503 g/mol. The number of rotatable bonds is 3. The lowest BCUT2D eigenvalue weighted by Gasteiger charge is -2.14. The Kier molecular flexibility index (Phi) is 4.69. The third-order valence-corrected chi connectivity index (χ3v) is 8.39. The molecule has 8 aromatic rings. The average Bonchev–Trinajstić information content (AvgIpc) is 3.51. The van der Waals surface area contributed by atoms with Gasteiger partial charge >= 0.3 is 0 Å². The second-order valence-electron chi connectivity index (χ2n) is 9.48. The van der Waals surface area contributed by atoms with Gasteiger partial charge in [0, 0.05) is 42.1 Å². The minimum Gasteiger partial charge on any atom is -0.292 e. The van der Waals surface area contributed by atoms with Gasteiger partial charge in [-0.2, -0.15) is 0 Å². The summed E-state index contributed by atoms with van der Waals surface area (Å²) in [7, 11) is 0. The van der Waals surface area contributed by atoms with Crippen LogP contribution in [0.3, 0.4) is 0 Å². The van der Waals surface area contributed by atoms with Crippen LogP contribution < -0.4 is 0 Å². The molecule has 0 fully saturated rings. The number of para-hydroxylation sites is 1. The van der Waals surface area contributed by atoms with Crippen molar-refractivity contribution in [3.05, 3.63) is 128 Å². The van der Waals surface area contributed by atoms with Crippen molar-refractivity contribution in [2.75, 3.05) is 0 Å². The zero-order chi connectivity index (χ0) is 25.1. The number of thiophene rings is 1. The van der Waals surface area contributed by atoms with Gasteiger partial charge in [-0.3, -0.25) is 4.57 Å². The Bertz CT molecular complexity index is 2120. The molecule has 0 spiro atoms. The first kappa shape index (κ1) is 21.3. The Labute approximate surface area is 223 Å². The van der Waals surface area contributed by atoms with Gasteiger partial charge in [0.2, 0.25) is 0 Å². The van der Waals surface area contributed by atoms with Crippen molar-refractivity contribution in [1.82, 2.24) is 14.5 Å². The maximum absolute atomic E-state index is 5.20. The smallest absolute Gasteiger partial charge is 0.164 e. The van der Waals surface area contributed by atoms with Crippen molar-refractivity contribution in [3.63, 3.8) is 0 Å². The Morgan fingerprint density at radius 3 is 2.03 bits per heavy atom. The van der Waals surface area contributed by atoms with Crippen molar-refractivity contribution < 1.29 is 0 Å². The first-order valence-corrected chi connectivity index (χ1v) is 13.5. The highest BCUT2D eigenvalue weighted by atomic mass is 32.1. The number of benzene rings is 5. The maximum atomic E-state index is 5.20. The van der Waals surface area contributed by atoms with Crippen LogP contribution in [0.15, 0.2) is 128 Å². The Morgan fingerprint density at radius 2 is 1.21 bits per heavy atom. The summed E-state index contributed by atoms with van der Waals surface area (Å²) in [5, 5.41) is 5.05. The molecule has 3 aromatic heterocycles. The van der Waals surface area contributed by atoms with Crippen molar-refractivity contribution >= 4 is 53.3 Å². The van der Waals surface area contributed by atoms with Gasteiger partial charge < -0.3 is 0 Å². The molecule has 0 bridgehead atoms. The molecule has 0 aliphatic carbocycles. The number of hydrogen-bond donors (Lipinski definition) is 0. The second kappa shape index (κ2) is 8.37. The number of fused-ring (bicyclic) bond motifs is 6. The molecule has 0 unspecified atom stereocenters. The average molecular weight is 504 g/mol. The molecule has 8 rings (SSSR count). The van der Waals surface area contributed by atoms with Crippen LogP contribution >= 0.6 is 11.3 Å². The first-order valence-electron chi connectivity index (χ1n) is 12.7. The molecule has 5 aromatic carbocycles. The van der Waals surface area contributed by atoms with E-state index in [1.54, 1.807) is 0 Å². The lowest BCUT2D eigenvalue weighted by Crippen LogP contribution is -2.03. The van der Waals surface area contributed by atoms with Gasteiger partial charge in [-0.1, -0.05) is 97.1 Å². The molecular weight excluding hydrogens is 482 g/mol. The van der Waals surface area contributed by atoms with E-state index in [1.807, 2.05) is 41.8 Å². The summed E-state index contributed by atoms with van der Waals surface area (Å²) in [5.41, 5.74) is 6.10. The Balaban J connectivity index is 1.48. The van der Waals surface area contributed by atoms with Gasteiger partial charge in [-0.05, 0) is 24.3 Å². The Morgan fingerprint density at radius 1 is 0.526 bits per heavy atom. The van der Waals surface area contributed by atoms with Crippen molar-refractivity contribution in [1.29, 1.82) is 0 Å². The first-order chi connectivity index (χ1) is 18.8. The fourth-order valence-electron chi connectivity index (χ4n) is 5.50. The summed E-state index contributed by atoms with van der Waals surface area (Å²) >= 11 is 1.84. The topological polar surface area (TPSA) is 30.7 Å². The highest BCUT2D eigenvalue weighted by molar-refractivity contribution is 7.25. The van der Waals surface area contributed by atoms with Crippen LogP contribution in [0.5, 0.6) is 0 Å². The molecule has 0 aliphatic rings. The summed E-state index contributed by atoms with van der Waals surface area (Å²) in [4.78, 5) is 10.3. The van der Waals surface area contributed by atoms with Crippen LogP contribution in [-0.4, -0.2) is 14.5 Å². The predicted molar refractivity (Wildman–Crippen MR) is 160 cm³/mol. The van der Waals surface area contributed by atoms with Crippen molar-refractivity contribution in [2.45, 2.75) is 0 Å². The summed E-state index contributed by atoms with van der Waals surface area (Å²) in [6.45, 7) is 0. The summed E-state index contributed by atoms with van der Waals surface area (Å²) in [5.74, 6) is 0.836. The van der Waals surface area contributed by atoms with Crippen LogP contribution in [0.4, 0.5) is 0 Å². The van der Waals surface area contributed by atoms with E-state index in [4.69, 9.17) is 9.97 Å². The molecule has 3 heterocycles. The molecule has 0 aliphatic heterocycles. The van der Waals surface area contributed by atoms with Gasteiger partial charge in [0.1, 0.15) is 5.69 Å². The normalized spacial score (nSPS) is 11.7. The van der Waals surface area contributed by atoms with E-state index in [2.05, 4.69) is 102 Å². The van der Waals surface area contributed by atoms with Crippen LogP contribution in [0.1, 0.15) is 0 Å². The number of aromatic nitrogens is 3. The molecule has 0 saturated heterocycles. The fourth-order valence-corrected chi connectivity index (χ4v) is 6.62. The molecule has 0 amide bonds. The zero-order valence-corrected chi connectivity index (χ0v) is 21.2. The van der Waals surface area contributed by atoms with Crippen LogP contribution in [0, 0.1) is 0 Å². The third kappa shape index (κ3) is 3.21. The molecule has 0 radical (unpaired) electrons. The summed E-state index contributed by atoms with van der Waals surface area (Å²) < 4.78 is 4.87. The molecule has 0 N–H and O–H groups in total. The SMILES string of the molecule is c1ccc(-c2cnc(-n3c4ccccc4c4cc5c(cc43)sc3ccccc35)c(-c3ccccc3)n2)cc1. The third-order valence-electron chi connectivity index (χ3n) is 7.25. The molecule has 4 heteroatoms. The molecule has 0 saturated carbocycles. The van der Waals surface area contributed by atoms with E-state index >= 15 is 0 Å². The van der Waals surface area contributed by atoms with E-state index in [0.717, 1.165) is 39.4 Å². The van der Waals surface area contributed by atoms with E-state index in [-0.39, 0.29) is 0 Å². The molecule has 178 valence electrons. The van der Waals surface area contributed by atoms with Gasteiger partial charge in [0.05, 0.1) is 22.9 Å². The van der Waals surface area contributed by atoms with Crippen LogP contribution in [0.2, 0.25) is 0 Å². The van der Waals surface area contributed by atoms with Gasteiger partial charge in [-0.15, -0.1) is 11.3 Å². The largest absolute Gasteiger partial charge is 0.292 e. The highest BCUT2D eigenvalue weighted by Crippen LogP contribution is 2.41. The molecule has 38 heavy (non-hydrogen) atoms. The zero-order valence-electron chi connectivity index (χ0n) is 20.4. The molecular formula is C34H21N3S. The Hall–Kier alpha value is -4.80. The fraction of sp³-hybridized carbons (Fsp3) is 0. The minimum atomic E-state index is 0.836. The van der Waals surface area contributed by atoms with Crippen LogP contribution in [0.25, 0.3) is 70.3 Å². The summed E-state index contributed by atoms with van der Waals surface area (Å²) in [6, 6.07) is 42.6. The van der Waals surface area contributed by atoms with E-state index in [0.29, 0.717) is 0 Å². The van der Waals surface area contributed by atoms with Gasteiger partial charge in [0.25, 0.3) is 0 Å². The van der Waals surface area contributed by atoms with Gasteiger partial charge in [0.15, 0.2) is 5.82 Å². The van der Waals surface area contributed by atoms with Crippen molar-refractivity contribution in [3.8, 4) is 28.3 Å². The minimum absolute atomic E-state index is 0.836. The second-order valence-corrected chi connectivity index (χ2v) is 10.6. The van der Waals surface area contributed by atoms with Crippen molar-refractivity contribution in [2.24, 2.45) is 0 Å². The maximum Gasteiger partial charge on any atom is 0.164 e. The van der Waals surface area contributed by atoms with Crippen LogP contribution in [-0.2, 0) is 0 Å². The lowest BCUT2D eigenvalue weighted by molar-refractivity contribution is 1.05. The quantitative estimate of drug-likeness (QED) is 0.240. The highest BCUT2D eigenvalue weighted by Gasteiger charge is 2.20. The lowest BCUT2D eigenvalue weighted by atomic mass is 10.1. The van der Waals surface area contributed by atoms with E-state index in [1.165, 1.54) is 30.9 Å². The summed E-state index contributed by atoms with van der Waals surface area (Å²) in [6.07, 6.45) is 1.90. The predicted octanol–water partition coefficient (Wildman–Crippen LogP) is 9.28. The number of hydrogen-bond acceptors (Lipinski definition) is 3. The van der Waals surface area contributed by atoms with E-state index < -0.39 is 0 Å². The van der Waals surface area contributed by atoms with E-state index in [9.17, 15) is 0 Å². The van der Waals surface area contributed by atoms with Gasteiger partial charge in [-0.25, -0.2) is 9.97 Å². The number of nitrogens with zero attached hydrogens (tertiary/aromatic N) is 3.